The van der Waals surface area contributed by atoms with Crippen LogP contribution in [0.1, 0.15) is 19.4 Å². The quantitative estimate of drug-likeness (QED) is 0.397. The smallest absolute Gasteiger partial charge is 0.344 e. The van der Waals surface area contributed by atoms with E-state index in [1.165, 1.54) is 0 Å². The Kier molecular flexibility index (Phi) is 4.74. The number of rotatable bonds is 4. The molecule has 1 aliphatic heterocycles. The summed E-state index contributed by atoms with van der Waals surface area (Å²) in [5.41, 5.74) is -1.15. The second-order valence-corrected chi connectivity index (χ2v) is 5.50. The number of carbonyl (C=O) groups excluding carboxylic acids is 1. The van der Waals surface area contributed by atoms with Crippen molar-refractivity contribution in [3.05, 3.63) is 34.9 Å². The van der Waals surface area contributed by atoms with E-state index in [4.69, 9.17) is 4.74 Å². The molecule has 1 unspecified atom stereocenters. The summed E-state index contributed by atoms with van der Waals surface area (Å²) in [5.74, 6) is -6.39. The summed E-state index contributed by atoms with van der Waals surface area (Å²) >= 11 is 1.15. The van der Waals surface area contributed by atoms with Gasteiger partial charge in [-0.25, -0.2) is 9.18 Å². The zero-order valence-corrected chi connectivity index (χ0v) is 12.4. The van der Waals surface area contributed by atoms with Gasteiger partial charge in [0, 0.05) is 0 Å². The van der Waals surface area contributed by atoms with E-state index in [-0.39, 0.29) is 17.0 Å². The molecule has 2 rings (SSSR count). The average Bonchev–Trinajstić information content (AvgIpc) is 2.41. The van der Waals surface area contributed by atoms with Gasteiger partial charge in [0.05, 0.1) is 17.5 Å². The summed E-state index contributed by atoms with van der Waals surface area (Å²) < 4.78 is 44.5. The van der Waals surface area contributed by atoms with Crippen LogP contribution in [-0.4, -0.2) is 33.1 Å². The van der Waals surface area contributed by atoms with Crippen molar-refractivity contribution in [2.75, 3.05) is 6.61 Å². The molecule has 0 fully saturated rings. The molecule has 9 heteroatoms. The zero-order chi connectivity index (χ0) is 16.4. The number of aliphatic imine (C=N–C) groups is 1. The van der Waals surface area contributed by atoms with E-state index in [1.807, 2.05) is 0 Å². The zero-order valence-electron chi connectivity index (χ0n) is 11.6. The maximum atomic E-state index is 13.6. The molecule has 1 aromatic heterocycles. The standard InChI is InChI=1S/C13H11F3N2O3S/c1-3-21-13(20)8(12-17-5(2)22-12)9(19)6-4-7(14)11(16)18-10(6)15/h4-5,19H,3H2,1-2H3/b9-8+. The average molecular weight is 332 g/mol. The van der Waals surface area contributed by atoms with Crippen LogP contribution in [0.15, 0.2) is 16.6 Å². The minimum absolute atomic E-state index is 0.0155. The molecule has 0 spiro atoms. The third kappa shape index (κ3) is 3.08. The third-order valence-electron chi connectivity index (χ3n) is 2.65. The molecule has 0 saturated heterocycles. The van der Waals surface area contributed by atoms with Crippen LogP contribution < -0.4 is 0 Å². The van der Waals surface area contributed by atoms with Crippen LogP contribution >= 0.6 is 11.8 Å². The number of aromatic nitrogens is 1. The van der Waals surface area contributed by atoms with Crippen LogP contribution in [0.3, 0.4) is 0 Å². The van der Waals surface area contributed by atoms with Crippen LogP contribution in [0.25, 0.3) is 5.76 Å². The Bertz CT molecular complexity index is 691. The lowest BCUT2D eigenvalue weighted by atomic mass is 10.1. The van der Waals surface area contributed by atoms with Gasteiger partial charge in [-0.2, -0.15) is 13.8 Å². The lowest BCUT2D eigenvalue weighted by molar-refractivity contribution is -0.137. The van der Waals surface area contributed by atoms with Gasteiger partial charge in [-0.1, -0.05) is 11.8 Å². The van der Waals surface area contributed by atoms with Gasteiger partial charge in [0.15, 0.2) is 5.82 Å². The normalized spacial score (nSPS) is 18.2. The van der Waals surface area contributed by atoms with Crippen molar-refractivity contribution < 1.29 is 27.8 Å². The molecule has 0 aliphatic carbocycles. The van der Waals surface area contributed by atoms with Gasteiger partial charge in [0.25, 0.3) is 5.95 Å². The summed E-state index contributed by atoms with van der Waals surface area (Å²) in [4.78, 5) is 18.6. The Morgan fingerprint density at radius 3 is 2.59 bits per heavy atom. The molecule has 0 radical (unpaired) electrons. The summed E-state index contributed by atoms with van der Waals surface area (Å²) in [6.07, 6.45) is 0. The fraction of sp³-hybridized carbons (Fsp3) is 0.308. The Balaban J connectivity index is 2.57. The fourth-order valence-corrected chi connectivity index (χ4v) is 2.53. The third-order valence-corrected chi connectivity index (χ3v) is 3.63. The lowest BCUT2D eigenvalue weighted by Crippen LogP contribution is -2.24. The van der Waals surface area contributed by atoms with Gasteiger partial charge in [-0.15, -0.1) is 0 Å². The maximum absolute atomic E-state index is 13.6. The molecular weight excluding hydrogens is 321 g/mol. The number of ether oxygens (including phenoxy) is 1. The molecule has 1 N–H and O–H groups in total. The topological polar surface area (TPSA) is 71.8 Å². The molecule has 118 valence electrons. The van der Waals surface area contributed by atoms with Gasteiger partial charge in [-0.3, -0.25) is 4.99 Å². The predicted octanol–water partition coefficient (Wildman–Crippen LogP) is 2.82. The molecular formula is C13H11F3N2O3S. The molecule has 2 heterocycles. The van der Waals surface area contributed by atoms with Gasteiger partial charge in [0.2, 0.25) is 5.95 Å². The SMILES string of the molecule is CCOC(=O)/C(C1=NC(C)S1)=C(/O)c1cc(F)c(F)nc1F. The number of esters is 1. The van der Waals surface area contributed by atoms with Gasteiger partial charge in [0.1, 0.15) is 16.4 Å². The molecule has 1 aromatic rings. The van der Waals surface area contributed by atoms with E-state index in [0.29, 0.717) is 6.07 Å². The van der Waals surface area contributed by atoms with Crippen LogP contribution in [0.5, 0.6) is 0 Å². The van der Waals surface area contributed by atoms with E-state index in [2.05, 4.69) is 9.98 Å². The molecule has 0 saturated carbocycles. The molecule has 22 heavy (non-hydrogen) atoms. The van der Waals surface area contributed by atoms with Crippen molar-refractivity contribution >= 4 is 28.5 Å². The largest absolute Gasteiger partial charge is 0.506 e. The van der Waals surface area contributed by atoms with Crippen molar-refractivity contribution in [2.24, 2.45) is 4.99 Å². The number of hydrogen-bond donors (Lipinski definition) is 1. The Morgan fingerprint density at radius 2 is 2.05 bits per heavy atom. The van der Waals surface area contributed by atoms with Crippen molar-refractivity contribution in [1.82, 2.24) is 4.98 Å². The van der Waals surface area contributed by atoms with Crippen molar-refractivity contribution in [2.45, 2.75) is 19.2 Å². The van der Waals surface area contributed by atoms with Crippen molar-refractivity contribution in [1.29, 1.82) is 0 Å². The van der Waals surface area contributed by atoms with Gasteiger partial charge < -0.3 is 9.84 Å². The molecule has 0 amide bonds. The highest BCUT2D eigenvalue weighted by Gasteiger charge is 2.32. The molecule has 1 atom stereocenters. The molecule has 5 nitrogen and oxygen atoms in total. The highest BCUT2D eigenvalue weighted by molar-refractivity contribution is 8.16. The Morgan fingerprint density at radius 1 is 1.41 bits per heavy atom. The number of pyridine rings is 1. The number of carbonyl (C=O) groups is 1. The Labute approximate surface area is 127 Å². The van der Waals surface area contributed by atoms with Crippen LogP contribution in [-0.2, 0) is 9.53 Å². The first-order valence-electron chi connectivity index (χ1n) is 6.22. The number of aliphatic hydroxyl groups is 1. The van der Waals surface area contributed by atoms with E-state index in [9.17, 15) is 23.1 Å². The highest BCUT2D eigenvalue weighted by atomic mass is 32.2. The maximum Gasteiger partial charge on any atom is 0.344 e. The predicted molar refractivity (Wildman–Crippen MR) is 74.8 cm³/mol. The van der Waals surface area contributed by atoms with Gasteiger partial charge in [-0.05, 0) is 19.9 Å². The number of hydrogen-bond acceptors (Lipinski definition) is 6. The van der Waals surface area contributed by atoms with Gasteiger partial charge >= 0.3 is 5.97 Å². The van der Waals surface area contributed by atoms with E-state index in [0.717, 1.165) is 11.8 Å². The monoisotopic (exact) mass is 332 g/mol. The van der Waals surface area contributed by atoms with Crippen LogP contribution in [0.4, 0.5) is 13.2 Å². The first-order chi connectivity index (χ1) is 10.3. The number of halogens is 3. The molecule has 0 bridgehead atoms. The van der Waals surface area contributed by atoms with E-state index >= 15 is 0 Å². The fourth-order valence-electron chi connectivity index (χ4n) is 1.69. The number of aliphatic hydroxyl groups excluding tert-OH is 1. The molecule has 0 aromatic carbocycles. The number of nitrogens with zero attached hydrogens (tertiary/aromatic N) is 2. The molecule has 1 aliphatic rings. The van der Waals surface area contributed by atoms with Crippen LogP contribution in [0, 0.1) is 17.7 Å². The minimum Gasteiger partial charge on any atom is -0.506 e. The van der Waals surface area contributed by atoms with E-state index in [1.54, 1.807) is 13.8 Å². The summed E-state index contributed by atoms with van der Waals surface area (Å²) in [6, 6.07) is 0.416. The van der Waals surface area contributed by atoms with Crippen molar-refractivity contribution in [3.8, 4) is 0 Å². The van der Waals surface area contributed by atoms with Crippen LogP contribution in [0.2, 0.25) is 0 Å². The number of thioether (sulfide) groups is 1. The van der Waals surface area contributed by atoms with E-state index < -0.39 is 40.6 Å². The summed E-state index contributed by atoms with van der Waals surface area (Å²) in [7, 11) is 0. The first kappa shape index (κ1) is 16.3. The first-order valence-corrected chi connectivity index (χ1v) is 7.10. The highest BCUT2D eigenvalue weighted by Crippen LogP contribution is 2.33. The summed E-state index contributed by atoms with van der Waals surface area (Å²) in [5, 5.41) is 10.1. The summed E-state index contributed by atoms with van der Waals surface area (Å²) in [6.45, 7) is 3.31. The van der Waals surface area contributed by atoms with Crippen molar-refractivity contribution in [3.63, 3.8) is 0 Å². The second kappa shape index (κ2) is 6.39. The minimum atomic E-state index is -1.64. The lowest BCUT2D eigenvalue weighted by Gasteiger charge is -2.22. The second-order valence-electron chi connectivity index (χ2n) is 4.19. The Hall–Kier alpha value is -2.03.